The summed E-state index contributed by atoms with van der Waals surface area (Å²) in [6.45, 7) is 0. The van der Waals surface area contributed by atoms with Gasteiger partial charge in [-0.15, -0.1) is 11.3 Å². The molecule has 0 saturated heterocycles. The van der Waals surface area contributed by atoms with Crippen LogP contribution in [0.3, 0.4) is 0 Å². The number of carbonyl (C=O) groups excluding carboxylic acids is 1. The van der Waals surface area contributed by atoms with E-state index in [2.05, 4.69) is 5.32 Å². The maximum atomic E-state index is 11.8. The Hall–Kier alpha value is -1.52. The Morgan fingerprint density at radius 3 is 2.83 bits per heavy atom. The number of anilines is 1. The summed E-state index contributed by atoms with van der Waals surface area (Å²) in [6.07, 6.45) is 0. The third-order valence-corrected chi connectivity index (χ3v) is 3.57. The van der Waals surface area contributed by atoms with Crippen molar-refractivity contribution in [2.45, 2.75) is 6.04 Å². The van der Waals surface area contributed by atoms with Gasteiger partial charge in [-0.3, -0.25) is 0 Å². The molecule has 2 rings (SSSR count). The van der Waals surface area contributed by atoms with Crippen LogP contribution < -0.4 is 5.32 Å². The first-order chi connectivity index (χ1) is 8.70. The lowest BCUT2D eigenvalue weighted by Gasteiger charge is -2.16. The first-order valence-corrected chi connectivity index (χ1v) is 6.60. The normalized spacial score (nSPS) is 11.9. The molecule has 2 aromatic rings. The molecule has 94 valence electrons. The minimum atomic E-state index is -0.506. The summed E-state index contributed by atoms with van der Waals surface area (Å²) < 4.78 is 4.81. The molecular weight excluding hydrogens is 270 g/mol. The van der Waals surface area contributed by atoms with E-state index in [1.54, 1.807) is 12.1 Å². The van der Waals surface area contributed by atoms with Crippen molar-refractivity contribution < 1.29 is 9.53 Å². The van der Waals surface area contributed by atoms with Gasteiger partial charge in [0, 0.05) is 15.6 Å². The first kappa shape index (κ1) is 12.9. The van der Waals surface area contributed by atoms with E-state index in [1.165, 1.54) is 18.4 Å². The van der Waals surface area contributed by atoms with E-state index >= 15 is 0 Å². The fourth-order valence-corrected chi connectivity index (χ4v) is 2.52. The number of rotatable bonds is 4. The highest BCUT2D eigenvalue weighted by Crippen LogP contribution is 2.26. The van der Waals surface area contributed by atoms with Gasteiger partial charge in [0.1, 0.15) is 0 Å². The number of thiophene rings is 1. The summed E-state index contributed by atoms with van der Waals surface area (Å²) in [5.74, 6) is -0.322. The summed E-state index contributed by atoms with van der Waals surface area (Å²) in [5.41, 5.74) is 0.784. The lowest BCUT2D eigenvalue weighted by Crippen LogP contribution is -2.21. The van der Waals surface area contributed by atoms with Gasteiger partial charge in [-0.2, -0.15) is 0 Å². The van der Waals surface area contributed by atoms with E-state index in [4.69, 9.17) is 16.3 Å². The maximum absolute atomic E-state index is 11.8. The van der Waals surface area contributed by atoms with Crippen molar-refractivity contribution in [2.75, 3.05) is 12.4 Å². The minimum absolute atomic E-state index is 0.322. The van der Waals surface area contributed by atoms with Crippen molar-refractivity contribution in [3.05, 3.63) is 51.7 Å². The van der Waals surface area contributed by atoms with E-state index in [9.17, 15) is 4.79 Å². The van der Waals surface area contributed by atoms with Gasteiger partial charge in [0.15, 0.2) is 6.04 Å². The van der Waals surface area contributed by atoms with Gasteiger partial charge in [-0.25, -0.2) is 4.79 Å². The second-order valence-electron chi connectivity index (χ2n) is 3.63. The Kier molecular flexibility index (Phi) is 4.23. The Balaban J connectivity index is 2.23. The van der Waals surface area contributed by atoms with Gasteiger partial charge in [0.25, 0.3) is 0 Å². The summed E-state index contributed by atoms with van der Waals surface area (Å²) in [6, 6.07) is 10.5. The number of nitrogens with one attached hydrogen (secondary N) is 1. The van der Waals surface area contributed by atoms with Crippen molar-refractivity contribution in [1.82, 2.24) is 0 Å². The Morgan fingerprint density at radius 2 is 2.22 bits per heavy atom. The molecule has 0 aliphatic carbocycles. The number of esters is 1. The number of halogens is 1. The van der Waals surface area contributed by atoms with Crippen molar-refractivity contribution in [2.24, 2.45) is 0 Å². The molecule has 1 aromatic carbocycles. The average Bonchev–Trinajstić information content (AvgIpc) is 2.89. The number of hydrogen-bond donors (Lipinski definition) is 1. The number of hydrogen-bond acceptors (Lipinski definition) is 4. The molecule has 1 heterocycles. The van der Waals surface area contributed by atoms with Crippen LogP contribution in [0.2, 0.25) is 5.02 Å². The first-order valence-electron chi connectivity index (χ1n) is 5.34. The van der Waals surface area contributed by atoms with Crippen LogP contribution in [0.4, 0.5) is 5.69 Å². The zero-order valence-electron chi connectivity index (χ0n) is 9.72. The number of methoxy groups -OCH3 is 1. The summed E-state index contributed by atoms with van der Waals surface area (Å²) in [7, 11) is 1.38. The quantitative estimate of drug-likeness (QED) is 0.868. The standard InChI is InChI=1S/C13H12ClNO2S/c1-17-13(16)12(11-6-3-7-18-11)15-10-5-2-4-9(14)8-10/h2-8,12,15H,1H3. The predicted octanol–water partition coefficient (Wildman–Crippen LogP) is 3.73. The Bertz CT molecular complexity index is 528. The highest BCUT2D eigenvalue weighted by molar-refractivity contribution is 7.10. The average molecular weight is 282 g/mol. The summed E-state index contributed by atoms with van der Waals surface area (Å²) in [4.78, 5) is 12.7. The monoisotopic (exact) mass is 281 g/mol. The number of ether oxygens (including phenoxy) is 1. The minimum Gasteiger partial charge on any atom is -0.467 e. The smallest absolute Gasteiger partial charge is 0.333 e. The fraction of sp³-hybridized carbons (Fsp3) is 0.154. The molecule has 0 radical (unpaired) electrons. The molecule has 1 N–H and O–H groups in total. The molecule has 0 spiro atoms. The van der Waals surface area contributed by atoms with E-state index in [0.717, 1.165) is 10.6 Å². The van der Waals surface area contributed by atoms with Gasteiger partial charge in [-0.05, 0) is 29.6 Å². The lowest BCUT2D eigenvalue weighted by atomic mass is 10.2. The SMILES string of the molecule is COC(=O)C(Nc1cccc(Cl)c1)c1cccs1. The molecule has 18 heavy (non-hydrogen) atoms. The van der Waals surface area contributed by atoms with Gasteiger partial charge in [-0.1, -0.05) is 23.7 Å². The van der Waals surface area contributed by atoms with Crippen LogP contribution in [0.1, 0.15) is 10.9 Å². The molecule has 0 saturated carbocycles. The molecule has 5 heteroatoms. The van der Waals surface area contributed by atoms with Crippen molar-refractivity contribution >= 4 is 34.6 Å². The molecule has 0 amide bonds. The molecule has 3 nitrogen and oxygen atoms in total. The van der Waals surface area contributed by atoms with Crippen LogP contribution >= 0.6 is 22.9 Å². The molecule has 1 aromatic heterocycles. The Labute approximate surface area is 114 Å². The molecule has 1 unspecified atom stereocenters. The highest BCUT2D eigenvalue weighted by atomic mass is 35.5. The predicted molar refractivity (Wildman–Crippen MR) is 74.2 cm³/mol. The molecule has 0 fully saturated rings. The van der Waals surface area contributed by atoms with Crippen LogP contribution in [0, 0.1) is 0 Å². The number of benzene rings is 1. The molecular formula is C13H12ClNO2S. The second kappa shape index (κ2) is 5.89. The molecule has 1 atom stereocenters. The highest BCUT2D eigenvalue weighted by Gasteiger charge is 2.22. The van der Waals surface area contributed by atoms with Crippen LogP contribution in [0.25, 0.3) is 0 Å². The van der Waals surface area contributed by atoms with Gasteiger partial charge < -0.3 is 10.1 Å². The van der Waals surface area contributed by atoms with Crippen LogP contribution in [0.5, 0.6) is 0 Å². The molecule has 0 bridgehead atoms. The largest absolute Gasteiger partial charge is 0.467 e. The van der Waals surface area contributed by atoms with Gasteiger partial charge in [0.2, 0.25) is 0 Å². The topological polar surface area (TPSA) is 38.3 Å². The van der Waals surface area contributed by atoms with Gasteiger partial charge in [0.05, 0.1) is 7.11 Å². The zero-order chi connectivity index (χ0) is 13.0. The van der Waals surface area contributed by atoms with Crippen LogP contribution in [-0.4, -0.2) is 13.1 Å². The third kappa shape index (κ3) is 3.03. The van der Waals surface area contributed by atoms with E-state index < -0.39 is 6.04 Å². The van der Waals surface area contributed by atoms with E-state index in [0.29, 0.717) is 5.02 Å². The Morgan fingerprint density at radius 1 is 1.39 bits per heavy atom. The fourth-order valence-electron chi connectivity index (χ4n) is 1.56. The maximum Gasteiger partial charge on any atom is 0.333 e. The third-order valence-electron chi connectivity index (χ3n) is 2.40. The van der Waals surface area contributed by atoms with Crippen LogP contribution in [-0.2, 0) is 9.53 Å². The number of carbonyl (C=O) groups is 1. The van der Waals surface area contributed by atoms with Crippen molar-refractivity contribution in [3.63, 3.8) is 0 Å². The summed E-state index contributed by atoms with van der Waals surface area (Å²) in [5, 5.41) is 5.67. The van der Waals surface area contributed by atoms with E-state index in [-0.39, 0.29) is 5.97 Å². The van der Waals surface area contributed by atoms with Crippen molar-refractivity contribution in [3.8, 4) is 0 Å². The van der Waals surface area contributed by atoms with Crippen molar-refractivity contribution in [1.29, 1.82) is 0 Å². The molecule has 0 aliphatic heterocycles. The second-order valence-corrected chi connectivity index (χ2v) is 5.04. The zero-order valence-corrected chi connectivity index (χ0v) is 11.3. The summed E-state index contributed by atoms with van der Waals surface area (Å²) >= 11 is 7.41. The van der Waals surface area contributed by atoms with Gasteiger partial charge >= 0.3 is 5.97 Å². The molecule has 0 aliphatic rings. The lowest BCUT2D eigenvalue weighted by molar-refractivity contribution is -0.141. The van der Waals surface area contributed by atoms with E-state index in [1.807, 2.05) is 29.6 Å². The van der Waals surface area contributed by atoms with Crippen LogP contribution in [0.15, 0.2) is 41.8 Å².